The molecule has 0 N–H and O–H groups in total. The molecule has 0 spiro atoms. The molecule has 0 unspecified atom stereocenters. The van der Waals surface area contributed by atoms with Crippen LogP contribution in [0.5, 0.6) is 0 Å². The number of benzene rings is 1. The van der Waals surface area contributed by atoms with Crippen molar-refractivity contribution in [3.63, 3.8) is 0 Å². The SMILES string of the molecule is CCCCCCOC(=O)c1cc(S(=O)(=O)Cl)c(F)cc1Br. The summed E-state index contributed by atoms with van der Waals surface area (Å²) in [6.45, 7) is 2.29. The van der Waals surface area contributed by atoms with E-state index in [1.807, 2.05) is 0 Å². The Balaban J connectivity index is 2.85. The van der Waals surface area contributed by atoms with Crippen LogP contribution in [-0.4, -0.2) is 21.0 Å². The van der Waals surface area contributed by atoms with Crippen molar-refractivity contribution in [3.8, 4) is 0 Å². The second-order valence-corrected chi connectivity index (χ2v) is 7.79. The molecule has 21 heavy (non-hydrogen) atoms. The molecule has 4 nitrogen and oxygen atoms in total. The smallest absolute Gasteiger partial charge is 0.339 e. The lowest BCUT2D eigenvalue weighted by Crippen LogP contribution is -2.09. The number of esters is 1. The molecule has 0 aliphatic carbocycles. The molecule has 0 atom stereocenters. The van der Waals surface area contributed by atoms with Crippen LogP contribution in [0.1, 0.15) is 43.0 Å². The molecule has 0 aliphatic rings. The normalized spacial score (nSPS) is 11.4. The average Bonchev–Trinajstić information content (AvgIpc) is 2.36. The quantitative estimate of drug-likeness (QED) is 0.389. The Kier molecular flexibility index (Phi) is 7.09. The first-order valence-electron chi connectivity index (χ1n) is 6.38. The highest BCUT2D eigenvalue weighted by atomic mass is 79.9. The molecule has 1 aromatic carbocycles. The first-order valence-corrected chi connectivity index (χ1v) is 9.48. The standard InChI is InChI=1S/C13H15BrClFO4S/c1-2-3-4-5-6-20-13(17)9-7-12(21(15,18)19)11(16)8-10(9)14/h7-8H,2-6H2,1H3. The Morgan fingerprint density at radius 2 is 2.00 bits per heavy atom. The summed E-state index contributed by atoms with van der Waals surface area (Å²) in [4.78, 5) is 11.1. The predicted octanol–water partition coefficient (Wildman–Crippen LogP) is 4.25. The first-order chi connectivity index (χ1) is 9.77. The highest BCUT2D eigenvalue weighted by Gasteiger charge is 2.22. The summed E-state index contributed by atoms with van der Waals surface area (Å²) in [5.74, 6) is -1.75. The van der Waals surface area contributed by atoms with Crippen molar-refractivity contribution in [3.05, 3.63) is 28.0 Å². The van der Waals surface area contributed by atoms with Crippen LogP contribution in [0, 0.1) is 5.82 Å². The number of rotatable bonds is 7. The van der Waals surface area contributed by atoms with E-state index in [-0.39, 0.29) is 16.6 Å². The summed E-state index contributed by atoms with van der Waals surface area (Å²) in [6, 6.07) is 1.75. The van der Waals surface area contributed by atoms with Crippen LogP contribution in [0.4, 0.5) is 4.39 Å². The lowest BCUT2D eigenvalue weighted by Gasteiger charge is -2.08. The van der Waals surface area contributed by atoms with E-state index in [0.717, 1.165) is 37.8 Å². The number of hydrogen-bond donors (Lipinski definition) is 0. The zero-order valence-corrected chi connectivity index (χ0v) is 14.5. The molecule has 0 saturated heterocycles. The Bertz CT molecular complexity index is 619. The third-order valence-electron chi connectivity index (χ3n) is 2.74. The molecule has 1 rings (SSSR count). The van der Waals surface area contributed by atoms with Gasteiger partial charge in [-0.25, -0.2) is 17.6 Å². The number of unbranched alkanes of at least 4 members (excludes halogenated alkanes) is 3. The molecule has 0 amide bonds. The topological polar surface area (TPSA) is 60.4 Å². The summed E-state index contributed by atoms with van der Waals surface area (Å²) in [7, 11) is 0.849. The molecule has 0 radical (unpaired) electrons. The second-order valence-electron chi connectivity index (χ2n) is 4.40. The van der Waals surface area contributed by atoms with Gasteiger partial charge in [0.15, 0.2) is 0 Å². The van der Waals surface area contributed by atoms with Gasteiger partial charge in [0, 0.05) is 15.2 Å². The molecule has 0 aromatic heterocycles. The van der Waals surface area contributed by atoms with Gasteiger partial charge < -0.3 is 4.74 Å². The monoisotopic (exact) mass is 400 g/mol. The summed E-state index contributed by atoms with van der Waals surface area (Å²) in [5.41, 5.74) is -0.0777. The van der Waals surface area contributed by atoms with E-state index in [9.17, 15) is 17.6 Å². The molecule has 0 saturated carbocycles. The number of carbonyl (C=O) groups excluding carboxylic acids is 1. The summed E-state index contributed by atoms with van der Waals surface area (Å²) < 4.78 is 41.1. The van der Waals surface area contributed by atoms with E-state index in [1.165, 1.54) is 0 Å². The van der Waals surface area contributed by atoms with Crippen LogP contribution in [0.2, 0.25) is 0 Å². The van der Waals surface area contributed by atoms with Gasteiger partial charge >= 0.3 is 5.97 Å². The van der Waals surface area contributed by atoms with Gasteiger partial charge in [-0.1, -0.05) is 26.2 Å². The molecule has 8 heteroatoms. The first kappa shape index (κ1) is 18.4. The summed E-state index contributed by atoms with van der Waals surface area (Å²) in [6.07, 6.45) is 3.77. The van der Waals surface area contributed by atoms with E-state index in [4.69, 9.17) is 15.4 Å². The summed E-state index contributed by atoms with van der Waals surface area (Å²) >= 11 is 3.00. The molecule has 0 aliphatic heterocycles. The number of carbonyl (C=O) groups is 1. The van der Waals surface area contributed by atoms with E-state index in [2.05, 4.69) is 22.9 Å². The number of ether oxygens (including phenoxy) is 1. The van der Waals surface area contributed by atoms with Crippen molar-refractivity contribution in [2.75, 3.05) is 6.61 Å². The van der Waals surface area contributed by atoms with Crippen LogP contribution in [0.25, 0.3) is 0 Å². The van der Waals surface area contributed by atoms with Crippen molar-refractivity contribution in [1.29, 1.82) is 0 Å². The Hall–Kier alpha value is -0.660. The molecule has 0 fully saturated rings. The van der Waals surface area contributed by atoms with E-state index < -0.39 is 25.7 Å². The molecule has 0 heterocycles. The lowest BCUT2D eigenvalue weighted by molar-refractivity contribution is 0.0496. The maximum Gasteiger partial charge on any atom is 0.339 e. The van der Waals surface area contributed by atoms with Crippen LogP contribution < -0.4 is 0 Å². The van der Waals surface area contributed by atoms with E-state index in [1.54, 1.807) is 0 Å². The fourth-order valence-corrected chi connectivity index (χ4v) is 3.03. The van der Waals surface area contributed by atoms with Gasteiger partial charge in [0.1, 0.15) is 10.7 Å². The fraction of sp³-hybridized carbons (Fsp3) is 0.462. The maximum absolute atomic E-state index is 13.5. The van der Waals surface area contributed by atoms with Gasteiger partial charge in [0.2, 0.25) is 0 Å². The lowest BCUT2D eigenvalue weighted by atomic mass is 10.2. The predicted molar refractivity (Wildman–Crippen MR) is 81.6 cm³/mol. The zero-order valence-electron chi connectivity index (χ0n) is 11.4. The minimum Gasteiger partial charge on any atom is -0.462 e. The zero-order chi connectivity index (χ0) is 16.0. The molecular weight excluding hydrogens is 387 g/mol. The number of hydrogen-bond acceptors (Lipinski definition) is 4. The maximum atomic E-state index is 13.5. The van der Waals surface area contributed by atoms with Gasteiger partial charge in [-0.3, -0.25) is 0 Å². The van der Waals surface area contributed by atoms with E-state index in [0.29, 0.717) is 0 Å². The van der Waals surface area contributed by atoms with Gasteiger partial charge in [0.05, 0.1) is 12.2 Å². The van der Waals surface area contributed by atoms with E-state index >= 15 is 0 Å². The molecule has 118 valence electrons. The minimum atomic E-state index is -4.27. The van der Waals surface area contributed by atoms with Crippen molar-refractivity contribution in [2.45, 2.75) is 37.5 Å². The third-order valence-corrected chi connectivity index (χ3v) is 4.73. The van der Waals surface area contributed by atoms with Gasteiger partial charge in [-0.05, 0) is 34.5 Å². The molecular formula is C13H15BrClFO4S. The van der Waals surface area contributed by atoms with Crippen LogP contribution in [-0.2, 0) is 13.8 Å². The largest absolute Gasteiger partial charge is 0.462 e. The fourth-order valence-electron chi connectivity index (χ4n) is 1.64. The van der Waals surface area contributed by atoms with Gasteiger partial charge in [-0.15, -0.1) is 0 Å². The van der Waals surface area contributed by atoms with Crippen LogP contribution >= 0.6 is 26.6 Å². The Morgan fingerprint density at radius 3 is 2.57 bits per heavy atom. The highest BCUT2D eigenvalue weighted by Crippen LogP contribution is 2.27. The number of halogens is 3. The third kappa shape index (κ3) is 5.56. The van der Waals surface area contributed by atoms with Crippen molar-refractivity contribution in [2.24, 2.45) is 0 Å². The molecule has 0 bridgehead atoms. The Labute approximate surface area is 136 Å². The van der Waals surface area contributed by atoms with Crippen LogP contribution in [0.15, 0.2) is 21.5 Å². The summed E-state index contributed by atoms with van der Waals surface area (Å²) in [5, 5.41) is 0. The van der Waals surface area contributed by atoms with Crippen molar-refractivity contribution in [1.82, 2.24) is 0 Å². The second kappa shape index (κ2) is 8.10. The van der Waals surface area contributed by atoms with Crippen LogP contribution in [0.3, 0.4) is 0 Å². The van der Waals surface area contributed by atoms with Crippen molar-refractivity contribution >= 4 is 41.6 Å². The van der Waals surface area contributed by atoms with Gasteiger partial charge in [-0.2, -0.15) is 0 Å². The Morgan fingerprint density at radius 1 is 1.33 bits per heavy atom. The molecule has 1 aromatic rings. The average molecular weight is 402 g/mol. The van der Waals surface area contributed by atoms with Crippen molar-refractivity contribution < 1.29 is 22.3 Å². The van der Waals surface area contributed by atoms with Gasteiger partial charge in [0.25, 0.3) is 9.05 Å². The highest BCUT2D eigenvalue weighted by molar-refractivity contribution is 9.10. The minimum absolute atomic E-state index is 0.0777.